The highest BCUT2D eigenvalue weighted by Crippen LogP contribution is 2.46. The van der Waals surface area contributed by atoms with Crippen molar-refractivity contribution in [3.8, 4) is 11.8 Å². The minimum Gasteiger partial charge on any atom is -0.488 e. The monoisotopic (exact) mass is 275 g/mol. The predicted octanol–water partition coefficient (Wildman–Crippen LogP) is 3.13. The van der Waals surface area contributed by atoms with Gasteiger partial charge in [-0.15, -0.1) is 0 Å². The minimum absolute atomic E-state index is 0.166. The number of nitrogens with zero attached hydrogens (tertiary/aromatic N) is 1. The first-order chi connectivity index (χ1) is 9.19. The fourth-order valence-corrected chi connectivity index (χ4v) is 3.19. The van der Waals surface area contributed by atoms with E-state index >= 15 is 0 Å². The molecule has 0 aromatic heterocycles. The molecule has 0 saturated heterocycles. The highest BCUT2D eigenvalue weighted by Gasteiger charge is 2.51. The molecule has 0 unspecified atom stereocenters. The van der Waals surface area contributed by atoms with Crippen LogP contribution in [0.4, 0.5) is 0 Å². The summed E-state index contributed by atoms with van der Waals surface area (Å²) < 4.78 is 11.5. The van der Waals surface area contributed by atoms with Crippen LogP contribution in [-0.2, 0) is 11.2 Å². The van der Waals surface area contributed by atoms with Gasteiger partial charge < -0.3 is 9.47 Å². The van der Waals surface area contributed by atoms with Crippen molar-refractivity contribution in [2.24, 2.45) is 5.41 Å². The Hall–Kier alpha value is -1.50. The second kappa shape index (κ2) is 4.56. The van der Waals surface area contributed by atoms with E-state index in [-0.39, 0.29) is 12.2 Å². The van der Waals surface area contributed by atoms with Crippen molar-refractivity contribution in [3.05, 3.63) is 40.9 Å². The number of halogens is 1. The molecule has 0 N–H and O–H groups in total. The molecule has 3 rings (SSSR count). The van der Waals surface area contributed by atoms with Crippen molar-refractivity contribution in [2.45, 2.75) is 25.0 Å². The first-order valence-electron chi connectivity index (χ1n) is 6.25. The molecule has 98 valence electrons. The molecule has 19 heavy (non-hydrogen) atoms. The lowest BCUT2D eigenvalue weighted by Gasteiger charge is -2.44. The van der Waals surface area contributed by atoms with Gasteiger partial charge in [0.15, 0.2) is 0 Å². The first-order valence-corrected chi connectivity index (χ1v) is 6.63. The molecule has 1 heterocycles. The third kappa shape index (κ3) is 1.83. The van der Waals surface area contributed by atoms with Gasteiger partial charge in [-0.3, -0.25) is 0 Å². The maximum absolute atomic E-state index is 9.70. The molecule has 1 aliphatic heterocycles. The zero-order valence-electron chi connectivity index (χ0n) is 10.6. The Morgan fingerprint density at radius 1 is 1.53 bits per heavy atom. The van der Waals surface area contributed by atoms with Gasteiger partial charge in [-0.1, -0.05) is 23.8 Å². The van der Waals surface area contributed by atoms with Crippen molar-refractivity contribution in [1.29, 1.82) is 5.26 Å². The lowest BCUT2D eigenvalue weighted by atomic mass is 9.68. The summed E-state index contributed by atoms with van der Waals surface area (Å²) in [7, 11) is 1.63. The van der Waals surface area contributed by atoms with Crippen molar-refractivity contribution in [2.75, 3.05) is 7.11 Å². The van der Waals surface area contributed by atoms with Crippen LogP contribution >= 0.6 is 11.6 Å². The number of hydrogen-bond acceptors (Lipinski definition) is 3. The Morgan fingerprint density at radius 2 is 2.37 bits per heavy atom. The fourth-order valence-electron chi connectivity index (χ4n) is 2.99. The van der Waals surface area contributed by atoms with Gasteiger partial charge in [-0.05, 0) is 23.8 Å². The van der Waals surface area contributed by atoms with Gasteiger partial charge in [0.2, 0.25) is 0 Å². The molecule has 3 nitrogen and oxygen atoms in total. The van der Waals surface area contributed by atoms with Crippen LogP contribution in [0.15, 0.2) is 30.4 Å². The van der Waals surface area contributed by atoms with Gasteiger partial charge in [0.25, 0.3) is 0 Å². The van der Waals surface area contributed by atoms with Crippen LogP contribution < -0.4 is 4.74 Å². The van der Waals surface area contributed by atoms with Gasteiger partial charge >= 0.3 is 0 Å². The molecular formula is C15H14ClNO2. The zero-order valence-corrected chi connectivity index (χ0v) is 11.4. The number of fused-ring (bicyclic) bond motifs is 2. The van der Waals surface area contributed by atoms with Crippen LogP contribution in [0.5, 0.6) is 5.75 Å². The van der Waals surface area contributed by atoms with Gasteiger partial charge in [0.1, 0.15) is 17.3 Å². The average Bonchev–Trinajstić information content (AvgIpc) is 2.44. The third-order valence-corrected chi connectivity index (χ3v) is 4.22. The molecule has 1 aromatic carbocycles. The van der Waals surface area contributed by atoms with Gasteiger partial charge in [-0.2, -0.15) is 5.26 Å². The minimum atomic E-state index is -0.665. The Morgan fingerprint density at radius 3 is 3.11 bits per heavy atom. The van der Waals surface area contributed by atoms with Crippen molar-refractivity contribution in [1.82, 2.24) is 0 Å². The molecule has 0 saturated carbocycles. The summed E-state index contributed by atoms with van der Waals surface area (Å²) in [5.74, 6) is 0.824. The number of rotatable bonds is 1. The Labute approximate surface area is 117 Å². The standard InChI is InChI=1S/C15H14ClNO2/c1-18-13-3-2-4-14-15(13,9-17)8-10-7-11(16)5-6-12(10)19-14/h2-3,5-7,13-14H,4,8H2,1H3/t13-,14+,15+/m1/s1. The molecule has 2 aliphatic rings. The number of methoxy groups -OCH3 is 1. The molecular weight excluding hydrogens is 262 g/mol. The molecule has 3 atom stereocenters. The second-order valence-electron chi connectivity index (χ2n) is 5.01. The summed E-state index contributed by atoms with van der Waals surface area (Å²) in [5.41, 5.74) is 0.309. The van der Waals surface area contributed by atoms with Crippen LogP contribution in [0.3, 0.4) is 0 Å². The third-order valence-electron chi connectivity index (χ3n) is 3.98. The topological polar surface area (TPSA) is 42.2 Å². The molecule has 0 radical (unpaired) electrons. The maximum Gasteiger partial charge on any atom is 0.128 e. The van der Waals surface area contributed by atoms with Gasteiger partial charge in [0.05, 0.1) is 12.2 Å². The van der Waals surface area contributed by atoms with E-state index in [1.54, 1.807) is 7.11 Å². The lowest BCUT2D eigenvalue weighted by molar-refractivity contribution is -0.0371. The first kappa shape index (κ1) is 12.5. The van der Waals surface area contributed by atoms with E-state index in [1.807, 2.05) is 30.4 Å². The maximum atomic E-state index is 9.70. The Kier molecular flexibility index (Phi) is 3.00. The summed E-state index contributed by atoms with van der Waals surface area (Å²) >= 11 is 6.03. The Balaban J connectivity index is 2.08. The quantitative estimate of drug-likeness (QED) is 0.740. The molecule has 0 spiro atoms. The Bertz CT molecular complexity index is 578. The van der Waals surface area contributed by atoms with Crippen LogP contribution in [0.25, 0.3) is 0 Å². The lowest BCUT2D eigenvalue weighted by Crippen LogP contribution is -2.52. The van der Waals surface area contributed by atoms with Crippen LogP contribution in [0.1, 0.15) is 12.0 Å². The highest BCUT2D eigenvalue weighted by molar-refractivity contribution is 6.30. The summed E-state index contributed by atoms with van der Waals surface area (Å²) in [6.45, 7) is 0. The number of ether oxygens (including phenoxy) is 2. The zero-order chi connectivity index (χ0) is 13.5. The van der Waals surface area contributed by atoms with E-state index in [2.05, 4.69) is 6.07 Å². The van der Waals surface area contributed by atoms with Crippen molar-refractivity contribution in [3.63, 3.8) is 0 Å². The molecule has 1 aromatic rings. The normalized spacial score (nSPS) is 31.8. The number of hydrogen-bond donors (Lipinski definition) is 0. The molecule has 4 heteroatoms. The molecule has 1 aliphatic carbocycles. The van der Waals surface area contributed by atoms with E-state index in [0.29, 0.717) is 11.4 Å². The number of nitriles is 1. The fraction of sp³-hybridized carbons (Fsp3) is 0.400. The summed E-state index contributed by atoms with van der Waals surface area (Å²) in [5, 5.41) is 10.4. The smallest absolute Gasteiger partial charge is 0.128 e. The van der Waals surface area contributed by atoms with E-state index in [9.17, 15) is 5.26 Å². The van der Waals surface area contributed by atoms with Crippen LogP contribution in [0, 0.1) is 16.7 Å². The van der Waals surface area contributed by atoms with E-state index in [1.165, 1.54) is 0 Å². The summed E-state index contributed by atoms with van der Waals surface area (Å²) in [4.78, 5) is 0. The predicted molar refractivity (Wildman–Crippen MR) is 72.2 cm³/mol. The largest absolute Gasteiger partial charge is 0.488 e. The van der Waals surface area contributed by atoms with E-state index in [0.717, 1.165) is 17.7 Å². The van der Waals surface area contributed by atoms with Gasteiger partial charge in [0, 0.05) is 25.0 Å². The van der Waals surface area contributed by atoms with Crippen LogP contribution in [0.2, 0.25) is 5.02 Å². The molecule has 0 bridgehead atoms. The van der Waals surface area contributed by atoms with Crippen molar-refractivity contribution < 1.29 is 9.47 Å². The van der Waals surface area contributed by atoms with E-state index in [4.69, 9.17) is 21.1 Å². The summed E-state index contributed by atoms with van der Waals surface area (Å²) in [6, 6.07) is 7.99. The van der Waals surface area contributed by atoms with Crippen LogP contribution in [-0.4, -0.2) is 19.3 Å². The highest BCUT2D eigenvalue weighted by atomic mass is 35.5. The van der Waals surface area contributed by atoms with Crippen molar-refractivity contribution >= 4 is 11.6 Å². The second-order valence-corrected chi connectivity index (χ2v) is 5.44. The number of benzene rings is 1. The van der Waals surface area contributed by atoms with Gasteiger partial charge in [-0.25, -0.2) is 0 Å². The molecule has 0 fully saturated rings. The SMILES string of the molecule is CO[C@@H]1C=CC[C@@H]2Oc3ccc(Cl)cc3C[C@@]21C#N. The summed E-state index contributed by atoms with van der Waals surface area (Å²) in [6.07, 6.45) is 4.90. The average molecular weight is 276 g/mol. The molecule has 0 amide bonds. The van der Waals surface area contributed by atoms with E-state index < -0.39 is 5.41 Å².